The van der Waals surface area contributed by atoms with Gasteiger partial charge in [0.1, 0.15) is 11.5 Å². The van der Waals surface area contributed by atoms with Gasteiger partial charge in [-0.05, 0) is 75.4 Å². The third kappa shape index (κ3) is 5.89. The van der Waals surface area contributed by atoms with Crippen molar-refractivity contribution < 1.29 is 33.8 Å². The van der Waals surface area contributed by atoms with E-state index >= 15 is 0 Å². The molecule has 248 valence electrons. The molecule has 4 N–H and O–H groups in total. The molecule has 0 fully saturated rings. The molecule has 13 heteroatoms. The molecule has 6 aromatic rings. The molecule has 0 aliphatic rings. The number of aromatic nitrogens is 4. The van der Waals surface area contributed by atoms with Crippen LogP contribution in [0.5, 0.6) is 0 Å². The molecule has 13 nitrogen and oxygen atoms in total. The van der Waals surface area contributed by atoms with E-state index in [9.17, 15) is 34.2 Å². The van der Waals surface area contributed by atoms with Gasteiger partial charge in [-0.2, -0.15) is 0 Å². The van der Waals surface area contributed by atoms with Crippen LogP contribution in [0.3, 0.4) is 0 Å². The summed E-state index contributed by atoms with van der Waals surface area (Å²) in [6.45, 7) is 5.17. The van der Waals surface area contributed by atoms with Gasteiger partial charge in [0.05, 0.1) is 51.7 Å². The first-order valence-corrected chi connectivity index (χ1v) is 15.2. The average Bonchev–Trinajstić information content (AvgIpc) is 3.78. The summed E-state index contributed by atoms with van der Waals surface area (Å²) >= 11 is 0. The molecule has 6 rings (SSSR count). The quantitative estimate of drug-likeness (QED) is 0.142. The number of furan rings is 1. The number of ether oxygens (including phenoxy) is 1. The minimum Gasteiger partial charge on any atom is -0.478 e. The van der Waals surface area contributed by atoms with Crippen LogP contribution >= 0.6 is 0 Å². The highest BCUT2D eigenvalue weighted by molar-refractivity contribution is 5.96. The van der Waals surface area contributed by atoms with E-state index in [2.05, 4.69) is 10.2 Å². The number of rotatable bonds is 10. The minimum atomic E-state index is -1.17. The van der Waals surface area contributed by atoms with Crippen LogP contribution in [0.4, 0.5) is 0 Å². The smallest absolute Gasteiger partial charge is 0.338 e. The highest BCUT2D eigenvalue weighted by Gasteiger charge is 2.33. The first kappa shape index (κ1) is 32.3. The van der Waals surface area contributed by atoms with Gasteiger partial charge in [-0.15, -0.1) is 0 Å². The zero-order chi connectivity index (χ0) is 35.0. The number of aromatic carboxylic acids is 2. The van der Waals surface area contributed by atoms with Gasteiger partial charge in [0.15, 0.2) is 0 Å². The van der Waals surface area contributed by atoms with Gasteiger partial charge in [-0.25, -0.2) is 23.7 Å². The van der Waals surface area contributed by atoms with Gasteiger partial charge >= 0.3 is 17.9 Å². The summed E-state index contributed by atoms with van der Waals surface area (Å²) in [6, 6.07) is 21.6. The zero-order valence-electron chi connectivity index (χ0n) is 26.5. The molecule has 49 heavy (non-hydrogen) atoms. The van der Waals surface area contributed by atoms with E-state index in [1.165, 1.54) is 45.8 Å². The maximum absolute atomic E-state index is 14.3. The van der Waals surface area contributed by atoms with Crippen molar-refractivity contribution in [2.24, 2.45) is 0 Å². The molecule has 0 radical (unpaired) electrons. The minimum absolute atomic E-state index is 0.0290. The van der Waals surface area contributed by atoms with Crippen LogP contribution in [-0.2, 0) is 4.74 Å². The van der Waals surface area contributed by atoms with Gasteiger partial charge in [-0.1, -0.05) is 30.3 Å². The van der Waals surface area contributed by atoms with Crippen LogP contribution in [0.2, 0.25) is 0 Å². The number of benzene rings is 3. The molecule has 0 bridgehead atoms. The van der Waals surface area contributed by atoms with E-state index in [4.69, 9.17) is 9.15 Å². The number of hydrogen-bond donors (Lipinski definition) is 4. The number of carbonyl (C=O) groups is 3. The standard InChI is InChI=1S/C36H30N4O9/c1-4-48-36(47)26-14-6-5-13-25(26)27-15-16-28(49-27)31(29-19(2)37-39(32(29)41)23-11-7-9-21(17-23)34(43)44)30-20(3)38-40(33(30)42)24-12-8-10-22(18-24)35(45)46/h5-18,31,37-38H,4H2,1-3H3,(H,43,44)(H,45,46). The molecule has 0 atom stereocenters. The molecule has 3 heterocycles. The van der Waals surface area contributed by atoms with Gasteiger partial charge < -0.3 is 19.4 Å². The van der Waals surface area contributed by atoms with E-state index in [0.717, 1.165) is 0 Å². The van der Waals surface area contributed by atoms with Crippen molar-refractivity contribution in [2.45, 2.75) is 26.7 Å². The highest BCUT2D eigenvalue weighted by Crippen LogP contribution is 2.36. The summed E-state index contributed by atoms with van der Waals surface area (Å²) < 4.78 is 14.0. The lowest BCUT2D eigenvalue weighted by atomic mass is 9.89. The topological polar surface area (TPSA) is 190 Å². The van der Waals surface area contributed by atoms with E-state index in [0.29, 0.717) is 17.0 Å². The molecule has 0 aliphatic heterocycles. The molecule has 0 aliphatic carbocycles. The van der Waals surface area contributed by atoms with Crippen molar-refractivity contribution in [1.82, 2.24) is 19.6 Å². The van der Waals surface area contributed by atoms with E-state index in [-0.39, 0.29) is 57.3 Å². The number of nitrogens with zero attached hydrogens (tertiary/aromatic N) is 2. The van der Waals surface area contributed by atoms with Gasteiger partial charge in [0, 0.05) is 17.0 Å². The van der Waals surface area contributed by atoms with Crippen LogP contribution < -0.4 is 11.1 Å². The molecule has 0 saturated heterocycles. The summed E-state index contributed by atoms with van der Waals surface area (Å²) in [7, 11) is 0. The van der Waals surface area contributed by atoms with Crippen molar-refractivity contribution in [2.75, 3.05) is 6.61 Å². The van der Waals surface area contributed by atoms with Crippen LogP contribution in [0.15, 0.2) is 98.9 Å². The lowest BCUT2D eigenvalue weighted by Gasteiger charge is -2.13. The number of nitrogens with one attached hydrogen (secondary N) is 2. The highest BCUT2D eigenvalue weighted by atomic mass is 16.5. The second-order valence-corrected chi connectivity index (χ2v) is 11.2. The lowest BCUT2D eigenvalue weighted by molar-refractivity contribution is 0.0526. The number of H-pyrrole nitrogens is 2. The van der Waals surface area contributed by atoms with Crippen molar-refractivity contribution in [1.29, 1.82) is 0 Å². The predicted octanol–water partition coefficient (Wildman–Crippen LogP) is 5.27. The third-order valence-electron chi connectivity index (χ3n) is 8.11. The summed E-state index contributed by atoms with van der Waals surface area (Å²) in [4.78, 5) is 64.7. The van der Waals surface area contributed by atoms with E-state index < -0.39 is 34.9 Å². The number of aromatic amines is 2. The number of hydrogen-bond acceptors (Lipinski definition) is 7. The van der Waals surface area contributed by atoms with Crippen molar-refractivity contribution in [3.63, 3.8) is 0 Å². The SMILES string of the molecule is CCOC(=O)c1ccccc1-c1ccc(C(c2c(C)[nH]n(-c3cccc(C(=O)O)c3)c2=O)c2c(C)[nH]n(-c3cccc(C(=O)O)c3)c2=O)o1. The fourth-order valence-electron chi connectivity index (χ4n) is 5.89. The predicted molar refractivity (Wildman–Crippen MR) is 177 cm³/mol. The molecule has 3 aromatic carbocycles. The Hall–Kier alpha value is -6.63. The lowest BCUT2D eigenvalue weighted by Crippen LogP contribution is -2.25. The Labute approximate surface area is 277 Å². The Morgan fingerprint density at radius 3 is 1.80 bits per heavy atom. The first-order valence-electron chi connectivity index (χ1n) is 15.2. The molecule has 0 saturated carbocycles. The second-order valence-electron chi connectivity index (χ2n) is 11.2. The Kier molecular flexibility index (Phi) is 8.49. The van der Waals surface area contributed by atoms with Crippen molar-refractivity contribution in [3.8, 4) is 22.7 Å². The molecule has 0 unspecified atom stereocenters. The summed E-state index contributed by atoms with van der Waals surface area (Å²) in [5.74, 6) is -3.51. The third-order valence-corrected chi connectivity index (χ3v) is 8.11. The van der Waals surface area contributed by atoms with E-state index in [1.807, 2.05) is 0 Å². The van der Waals surface area contributed by atoms with Crippen LogP contribution in [0, 0.1) is 13.8 Å². The number of carbonyl (C=O) groups excluding carboxylic acids is 1. The number of carboxylic acid groups (broad SMARTS) is 2. The maximum atomic E-state index is 14.3. The summed E-state index contributed by atoms with van der Waals surface area (Å²) in [6.07, 6.45) is 0. The normalized spacial score (nSPS) is 11.2. The largest absolute Gasteiger partial charge is 0.478 e. The van der Waals surface area contributed by atoms with Crippen LogP contribution in [0.1, 0.15) is 72.2 Å². The van der Waals surface area contributed by atoms with Gasteiger partial charge in [-0.3, -0.25) is 19.8 Å². The van der Waals surface area contributed by atoms with Gasteiger partial charge in [0.2, 0.25) is 0 Å². The zero-order valence-corrected chi connectivity index (χ0v) is 26.5. The maximum Gasteiger partial charge on any atom is 0.338 e. The molecular formula is C36H30N4O9. The molecule has 0 spiro atoms. The fraction of sp³-hybridized carbons (Fsp3) is 0.139. The van der Waals surface area contributed by atoms with E-state index in [1.54, 1.807) is 69.3 Å². The summed E-state index contributed by atoms with van der Waals surface area (Å²) in [5.41, 5.74) is 1.08. The summed E-state index contributed by atoms with van der Waals surface area (Å²) in [5, 5.41) is 25.1. The monoisotopic (exact) mass is 662 g/mol. The Balaban J connectivity index is 1.57. The molecule has 3 aromatic heterocycles. The molecular weight excluding hydrogens is 632 g/mol. The van der Waals surface area contributed by atoms with Gasteiger partial charge in [0.25, 0.3) is 11.1 Å². The number of esters is 1. The van der Waals surface area contributed by atoms with Crippen LogP contribution in [-0.4, -0.2) is 54.3 Å². The Morgan fingerprint density at radius 2 is 1.29 bits per heavy atom. The average molecular weight is 663 g/mol. The number of carboxylic acids is 2. The van der Waals surface area contributed by atoms with Crippen molar-refractivity contribution >= 4 is 17.9 Å². The van der Waals surface area contributed by atoms with Crippen LogP contribution in [0.25, 0.3) is 22.7 Å². The fourth-order valence-corrected chi connectivity index (χ4v) is 5.89. The van der Waals surface area contributed by atoms with Crippen molar-refractivity contribution in [3.05, 3.63) is 151 Å². The Morgan fingerprint density at radius 1 is 0.755 bits per heavy atom. The Bertz CT molecular complexity index is 2250. The number of aryl methyl sites for hydroxylation is 2. The first-order chi connectivity index (χ1) is 23.5. The second kappa shape index (κ2) is 12.9. The molecule has 0 amide bonds.